The van der Waals surface area contributed by atoms with Gasteiger partial charge in [0.25, 0.3) is 0 Å². The molecular formula is C17H21N3O2S. The highest BCUT2D eigenvalue weighted by atomic mass is 32.2. The molecule has 0 spiro atoms. The summed E-state index contributed by atoms with van der Waals surface area (Å²) in [7, 11) is 0. The molecule has 0 bridgehead atoms. The van der Waals surface area contributed by atoms with E-state index in [2.05, 4.69) is 15.6 Å². The van der Waals surface area contributed by atoms with Gasteiger partial charge in [0.05, 0.1) is 5.69 Å². The number of amides is 1. The van der Waals surface area contributed by atoms with E-state index in [1.807, 2.05) is 43.8 Å². The Morgan fingerprint density at radius 2 is 2.35 bits per heavy atom. The van der Waals surface area contributed by atoms with Crippen molar-refractivity contribution in [3.8, 4) is 11.5 Å². The molecule has 2 heterocycles. The van der Waals surface area contributed by atoms with Crippen LogP contribution in [0.1, 0.15) is 17.7 Å². The Morgan fingerprint density at radius 1 is 1.48 bits per heavy atom. The van der Waals surface area contributed by atoms with E-state index in [1.54, 1.807) is 6.26 Å². The number of nitrogens with one attached hydrogen (secondary N) is 2. The first-order valence-corrected chi connectivity index (χ1v) is 8.91. The summed E-state index contributed by atoms with van der Waals surface area (Å²) in [4.78, 5) is 16.6. The first-order valence-electron chi connectivity index (χ1n) is 7.76. The number of anilines is 1. The van der Waals surface area contributed by atoms with E-state index in [9.17, 15) is 4.79 Å². The standard InChI is InChI=1S/C17H21N3O2S/c1-11-3-4-13(7-15(11)17-19-12(2)9-22-17)20-16(21)8-14-10-23-6-5-18-14/h3-4,7,9,14,18H,5-6,8,10H2,1-2H3,(H,20,21). The van der Waals surface area contributed by atoms with Crippen LogP contribution in [0.3, 0.4) is 0 Å². The first kappa shape index (κ1) is 16.1. The number of thioether (sulfide) groups is 1. The van der Waals surface area contributed by atoms with Crippen LogP contribution in [0.4, 0.5) is 5.69 Å². The van der Waals surface area contributed by atoms with Crippen LogP contribution < -0.4 is 10.6 Å². The molecule has 1 amide bonds. The van der Waals surface area contributed by atoms with E-state index in [4.69, 9.17) is 4.42 Å². The lowest BCUT2D eigenvalue weighted by molar-refractivity contribution is -0.116. The Bertz CT molecular complexity index is 693. The van der Waals surface area contributed by atoms with Gasteiger partial charge >= 0.3 is 0 Å². The molecule has 1 aliphatic heterocycles. The largest absolute Gasteiger partial charge is 0.444 e. The Labute approximate surface area is 140 Å². The number of hydrogen-bond donors (Lipinski definition) is 2. The predicted molar refractivity (Wildman–Crippen MR) is 93.8 cm³/mol. The minimum absolute atomic E-state index is 0.0309. The van der Waals surface area contributed by atoms with Gasteiger partial charge in [0, 0.05) is 41.8 Å². The van der Waals surface area contributed by atoms with Gasteiger partial charge in [0.1, 0.15) is 6.26 Å². The van der Waals surface area contributed by atoms with Crippen LogP contribution in [0.15, 0.2) is 28.9 Å². The van der Waals surface area contributed by atoms with Crippen molar-refractivity contribution in [2.75, 3.05) is 23.4 Å². The van der Waals surface area contributed by atoms with Crippen LogP contribution >= 0.6 is 11.8 Å². The van der Waals surface area contributed by atoms with E-state index < -0.39 is 0 Å². The molecule has 1 saturated heterocycles. The molecule has 23 heavy (non-hydrogen) atoms. The average Bonchev–Trinajstić information content (AvgIpc) is 2.96. The van der Waals surface area contributed by atoms with Crippen LogP contribution in [0.5, 0.6) is 0 Å². The van der Waals surface area contributed by atoms with Gasteiger partial charge in [-0.2, -0.15) is 11.8 Å². The van der Waals surface area contributed by atoms with Gasteiger partial charge in [-0.05, 0) is 31.5 Å². The number of rotatable bonds is 4. The normalized spacial score (nSPS) is 17.9. The molecule has 2 N–H and O–H groups in total. The summed E-state index contributed by atoms with van der Waals surface area (Å²) in [6.07, 6.45) is 2.13. The van der Waals surface area contributed by atoms with Crippen LogP contribution in [0.2, 0.25) is 0 Å². The maximum absolute atomic E-state index is 12.2. The summed E-state index contributed by atoms with van der Waals surface area (Å²) in [5.41, 5.74) is 3.59. The number of benzene rings is 1. The molecule has 3 rings (SSSR count). The highest BCUT2D eigenvalue weighted by molar-refractivity contribution is 7.99. The molecule has 122 valence electrons. The lowest BCUT2D eigenvalue weighted by Crippen LogP contribution is -2.39. The topological polar surface area (TPSA) is 67.2 Å². The number of hydrogen-bond acceptors (Lipinski definition) is 5. The Morgan fingerprint density at radius 3 is 3.04 bits per heavy atom. The molecule has 1 atom stereocenters. The Balaban J connectivity index is 1.69. The van der Waals surface area contributed by atoms with Crippen molar-refractivity contribution in [1.82, 2.24) is 10.3 Å². The zero-order valence-electron chi connectivity index (χ0n) is 13.4. The van der Waals surface area contributed by atoms with Gasteiger partial charge in [-0.3, -0.25) is 4.79 Å². The molecule has 6 heteroatoms. The van der Waals surface area contributed by atoms with Crippen LogP contribution in [-0.4, -0.2) is 35.0 Å². The summed E-state index contributed by atoms with van der Waals surface area (Å²) >= 11 is 1.89. The van der Waals surface area contributed by atoms with Crippen molar-refractivity contribution < 1.29 is 9.21 Å². The van der Waals surface area contributed by atoms with E-state index in [0.29, 0.717) is 12.3 Å². The zero-order valence-corrected chi connectivity index (χ0v) is 14.2. The van der Waals surface area contributed by atoms with Crippen molar-refractivity contribution in [2.45, 2.75) is 26.3 Å². The number of carbonyl (C=O) groups excluding carboxylic acids is 1. The molecule has 2 aromatic rings. The Kier molecular flexibility index (Phi) is 5.03. The van der Waals surface area contributed by atoms with Crippen LogP contribution in [0.25, 0.3) is 11.5 Å². The maximum Gasteiger partial charge on any atom is 0.226 e. The number of oxazole rings is 1. The first-order chi connectivity index (χ1) is 11.1. The summed E-state index contributed by atoms with van der Waals surface area (Å²) < 4.78 is 5.48. The Hall–Kier alpha value is -1.79. The summed E-state index contributed by atoms with van der Waals surface area (Å²) in [5, 5.41) is 6.35. The molecule has 1 aromatic carbocycles. The third kappa shape index (κ3) is 4.14. The quantitative estimate of drug-likeness (QED) is 0.901. The number of nitrogens with zero attached hydrogens (tertiary/aromatic N) is 1. The second-order valence-electron chi connectivity index (χ2n) is 5.80. The monoisotopic (exact) mass is 331 g/mol. The van der Waals surface area contributed by atoms with Crippen molar-refractivity contribution >= 4 is 23.4 Å². The third-order valence-electron chi connectivity index (χ3n) is 3.80. The molecule has 0 saturated carbocycles. The maximum atomic E-state index is 12.2. The predicted octanol–water partition coefficient (Wildman–Crippen LogP) is 2.99. The fraction of sp³-hybridized carbons (Fsp3) is 0.412. The van der Waals surface area contributed by atoms with Gasteiger partial charge in [-0.1, -0.05) is 6.07 Å². The summed E-state index contributed by atoms with van der Waals surface area (Å²) in [6, 6.07) is 6.06. The van der Waals surface area contributed by atoms with E-state index >= 15 is 0 Å². The molecule has 1 aromatic heterocycles. The molecule has 1 fully saturated rings. The lowest BCUT2D eigenvalue weighted by atomic mass is 10.1. The van der Waals surface area contributed by atoms with E-state index in [-0.39, 0.29) is 11.9 Å². The van der Waals surface area contributed by atoms with Crippen molar-refractivity contribution in [3.05, 3.63) is 35.7 Å². The van der Waals surface area contributed by atoms with Gasteiger partial charge in [0.2, 0.25) is 11.8 Å². The fourth-order valence-electron chi connectivity index (χ4n) is 2.59. The smallest absolute Gasteiger partial charge is 0.226 e. The highest BCUT2D eigenvalue weighted by Crippen LogP contribution is 2.26. The van der Waals surface area contributed by atoms with Crippen molar-refractivity contribution in [3.63, 3.8) is 0 Å². The molecule has 1 unspecified atom stereocenters. The number of aryl methyl sites for hydroxylation is 2. The van der Waals surface area contributed by atoms with Crippen molar-refractivity contribution in [1.29, 1.82) is 0 Å². The molecule has 5 nitrogen and oxygen atoms in total. The number of carbonyl (C=O) groups is 1. The number of aromatic nitrogens is 1. The van der Waals surface area contributed by atoms with Gasteiger partial charge < -0.3 is 15.1 Å². The van der Waals surface area contributed by atoms with E-state index in [1.165, 1.54) is 0 Å². The summed E-state index contributed by atoms with van der Waals surface area (Å²) in [5.74, 6) is 2.72. The lowest BCUT2D eigenvalue weighted by Gasteiger charge is -2.22. The molecular weight excluding hydrogens is 310 g/mol. The van der Waals surface area contributed by atoms with Gasteiger partial charge in [-0.15, -0.1) is 0 Å². The second-order valence-corrected chi connectivity index (χ2v) is 6.95. The third-order valence-corrected chi connectivity index (χ3v) is 4.93. The van der Waals surface area contributed by atoms with Gasteiger partial charge in [-0.25, -0.2) is 4.98 Å². The molecule has 0 radical (unpaired) electrons. The van der Waals surface area contributed by atoms with Crippen molar-refractivity contribution in [2.24, 2.45) is 0 Å². The fourth-order valence-corrected chi connectivity index (χ4v) is 3.54. The van der Waals surface area contributed by atoms with Gasteiger partial charge in [0.15, 0.2) is 0 Å². The van der Waals surface area contributed by atoms with Crippen LogP contribution in [-0.2, 0) is 4.79 Å². The zero-order chi connectivity index (χ0) is 16.2. The molecule has 1 aliphatic rings. The minimum atomic E-state index is 0.0309. The van der Waals surface area contributed by atoms with E-state index in [0.717, 1.165) is 40.6 Å². The highest BCUT2D eigenvalue weighted by Gasteiger charge is 2.17. The molecule has 0 aliphatic carbocycles. The second kappa shape index (κ2) is 7.19. The average molecular weight is 331 g/mol. The SMILES string of the molecule is Cc1coc(-c2cc(NC(=O)CC3CSCCN3)ccc2C)n1. The van der Waals surface area contributed by atoms with Crippen LogP contribution in [0, 0.1) is 13.8 Å². The summed E-state index contributed by atoms with van der Waals surface area (Å²) in [6.45, 7) is 4.87. The minimum Gasteiger partial charge on any atom is -0.444 e.